The summed E-state index contributed by atoms with van der Waals surface area (Å²) in [7, 11) is 0. The molecule has 1 aromatic carbocycles. The van der Waals surface area contributed by atoms with Gasteiger partial charge in [-0.3, -0.25) is 0 Å². The first kappa shape index (κ1) is 17.6. The standard InChI is InChI=1S/C18H25N3OS/c1-5-14(4)15-8-10-16(11-9-15)23-17-12-13-21(19-17)18(22)20(6-2)7-3/h8-14H,5-7H2,1-4H3. The fraction of sp³-hybridized carbons (Fsp3) is 0.444. The minimum Gasteiger partial charge on any atom is -0.323 e. The van der Waals surface area contributed by atoms with Crippen LogP contribution >= 0.6 is 11.8 Å². The third-order valence-electron chi connectivity index (χ3n) is 4.08. The van der Waals surface area contributed by atoms with Crippen molar-refractivity contribution in [2.24, 2.45) is 0 Å². The predicted octanol–water partition coefficient (Wildman–Crippen LogP) is 4.86. The Morgan fingerprint density at radius 2 is 1.83 bits per heavy atom. The first-order valence-electron chi connectivity index (χ1n) is 8.21. The summed E-state index contributed by atoms with van der Waals surface area (Å²) < 4.78 is 1.42. The second kappa shape index (κ2) is 8.20. The zero-order chi connectivity index (χ0) is 16.8. The molecule has 0 radical (unpaired) electrons. The Balaban J connectivity index is 2.05. The van der Waals surface area contributed by atoms with Crippen LogP contribution in [0.3, 0.4) is 0 Å². The summed E-state index contributed by atoms with van der Waals surface area (Å²) >= 11 is 1.58. The number of benzene rings is 1. The minimum atomic E-state index is -0.0750. The van der Waals surface area contributed by atoms with E-state index in [4.69, 9.17) is 0 Å². The molecule has 1 atom stereocenters. The van der Waals surface area contributed by atoms with E-state index in [9.17, 15) is 4.79 Å². The van der Waals surface area contributed by atoms with Crippen molar-refractivity contribution in [1.29, 1.82) is 0 Å². The number of aromatic nitrogens is 2. The van der Waals surface area contributed by atoms with Gasteiger partial charge in [-0.15, -0.1) is 0 Å². The lowest BCUT2D eigenvalue weighted by Crippen LogP contribution is -2.34. The largest absolute Gasteiger partial charge is 0.344 e. The molecule has 5 heteroatoms. The first-order valence-corrected chi connectivity index (χ1v) is 9.03. The van der Waals surface area contributed by atoms with Gasteiger partial charge >= 0.3 is 6.03 Å². The van der Waals surface area contributed by atoms with Crippen LogP contribution in [0, 0.1) is 0 Å². The minimum absolute atomic E-state index is 0.0750. The smallest absolute Gasteiger partial charge is 0.323 e. The highest BCUT2D eigenvalue weighted by Gasteiger charge is 2.13. The van der Waals surface area contributed by atoms with Gasteiger partial charge < -0.3 is 4.90 Å². The highest BCUT2D eigenvalue weighted by atomic mass is 32.2. The zero-order valence-corrected chi connectivity index (χ0v) is 15.1. The van der Waals surface area contributed by atoms with Gasteiger partial charge in [-0.05, 0) is 49.9 Å². The van der Waals surface area contributed by atoms with Crippen LogP contribution < -0.4 is 0 Å². The van der Waals surface area contributed by atoms with Gasteiger partial charge in [0, 0.05) is 24.2 Å². The summed E-state index contributed by atoms with van der Waals surface area (Å²) in [5.41, 5.74) is 1.36. The molecule has 0 N–H and O–H groups in total. The van der Waals surface area contributed by atoms with Crippen molar-refractivity contribution in [1.82, 2.24) is 14.7 Å². The molecule has 0 aliphatic rings. The van der Waals surface area contributed by atoms with E-state index in [1.165, 1.54) is 10.2 Å². The fourth-order valence-corrected chi connectivity index (χ4v) is 3.10. The van der Waals surface area contributed by atoms with Crippen molar-refractivity contribution >= 4 is 17.8 Å². The monoisotopic (exact) mass is 331 g/mol. The average molecular weight is 331 g/mol. The number of rotatable bonds is 6. The van der Waals surface area contributed by atoms with Gasteiger partial charge in [0.1, 0.15) is 5.03 Å². The number of hydrogen-bond donors (Lipinski definition) is 0. The molecule has 4 nitrogen and oxygen atoms in total. The van der Waals surface area contributed by atoms with E-state index in [0.29, 0.717) is 19.0 Å². The lowest BCUT2D eigenvalue weighted by atomic mass is 9.99. The Kier molecular flexibility index (Phi) is 6.28. The summed E-state index contributed by atoms with van der Waals surface area (Å²) in [4.78, 5) is 15.1. The maximum absolute atomic E-state index is 12.2. The number of hydrogen-bond acceptors (Lipinski definition) is 3. The Bertz CT molecular complexity index is 632. The molecule has 1 aromatic heterocycles. The normalized spacial score (nSPS) is 12.2. The molecule has 23 heavy (non-hydrogen) atoms. The summed E-state index contributed by atoms with van der Waals surface area (Å²) in [6, 6.07) is 10.4. The molecule has 124 valence electrons. The van der Waals surface area contributed by atoms with E-state index in [1.807, 2.05) is 19.9 Å². The second-order valence-corrected chi connectivity index (χ2v) is 6.63. The number of carbonyl (C=O) groups is 1. The summed E-state index contributed by atoms with van der Waals surface area (Å²) in [6.45, 7) is 9.76. The molecule has 2 aromatic rings. The molecule has 1 heterocycles. The van der Waals surface area contributed by atoms with Gasteiger partial charge in [0.25, 0.3) is 0 Å². The van der Waals surface area contributed by atoms with Crippen molar-refractivity contribution in [3.05, 3.63) is 42.1 Å². The van der Waals surface area contributed by atoms with Crippen molar-refractivity contribution in [3.63, 3.8) is 0 Å². The first-order chi connectivity index (χ1) is 11.1. The van der Waals surface area contributed by atoms with E-state index in [1.54, 1.807) is 22.9 Å². The Hall–Kier alpha value is -1.75. The molecule has 1 unspecified atom stereocenters. The molecule has 1 amide bonds. The number of nitrogens with zero attached hydrogens (tertiary/aromatic N) is 3. The molecule has 0 bridgehead atoms. The molecule has 0 saturated carbocycles. The van der Waals surface area contributed by atoms with Crippen LogP contribution in [0.25, 0.3) is 0 Å². The maximum Gasteiger partial charge on any atom is 0.344 e. The molecule has 0 aliphatic heterocycles. The quantitative estimate of drug-likeness (QED) is 0.759. The van der Waals surface area contributed by atoms with Crippen LogP contribution in [-0.2, 0) is 0 Å². The third kappa shape index (κ3) is 4.38. The molecular formula is C18H25N3OS. The second-order valence-electron chi connectivity index (χ2n) is 5.53. The van der Waals surface area contributed by atoms with Crippen molar-refractivity contribution in [3.8, 4) is 0 Å². The molecule has 0 saturated heterocycles. The Morgan fingerprint density at radius 1 is 1.17 bits per heavy atom. The van der Waals surface area contributed by atoms with Crippen molar-refractivity contribution < 1.29 is 4.79 Å². The third-order valence-corrected chi connectivity index (χ3v) is 5.01. The maximum atomic E-state index is 12.2. The van der Waals surface area contributed by atoms with E-state index in [0.717, 1.165) is 16.3 Å². The van der Waals surface area contributed by atoms with Crippen molar-refractivity contribution in [2.45, 2.75) is 50.0 Å². The van der Waals surface area contributed by atoms with Gasteiger partial charge in [0.15, 0.2) is 0 Å². The van der Waals surface area contributed by atoms with Crippen LogP contribution in [0.4, 0.5) is 4.79 Å². The van der Waals surface area contributed by atoms with E-state index in [2.05, 4.69) is 43.2 Å². The van der Waals surface area contributed by atoms with Gasteiger partial charge in [-0.1, -0.05) is 37.7 Å². The Morgan fingerprint density at radius 3 is 2.39 bits per heavy atom. The van der Waals surface area contributed by atoms with Gasteiger partial charge in [0.05, 0.1) is 0 Å². The lowest BCUT2D eigenvalue weighted by Gasteiger charge is -2.17. The van der Waals surface area contributed by atoms with Gasteiger partial charge in [-0.25, -0.2) is 4.79 Å². The van der Waals surface area contributed by atoms with Crippen LogP contribution in [0.2, 0.25) is 0 Å². The molecular weight excluding hydrogens is 306 g/mol. The molecule has 2 rings (SSSR count). The summed E-state index contributed by atoms with van der Waals surface area (Å²) in [5, 5.41) is 5.22. The van der Waals surface area contributed by atoms with Gasteiger partial charge in [-0.2, -0.15) is 9.78 Å². The average Bonchev–Trinajstić information content (AvgIpc) is 3.04. The fourth-order valence-electron chi connectivity index (χ4n) is 2.33. The lowest BCUT2D eigenvalue weighted by molar-refractivity contribution is 0.201. The summed E-state index contributed by atoms with van der Waals surface area (Å²) in [6.07, 6.45) is 2.88. The zero-order valence-electron chi connectivity index (χ0n) is 14.3. The van der Waals surface area contributed by atoms with Crippen LogP contribution in [0.5, 0.6) is 0 Å². The van der Waals surface area contributed by atoms with E-state index >= 15 is 0 Å². The number of amides is 1. The number of carbonyl (C=O) groups excluding carboxylic acids is 1. The van der Waals surface area contributed by atoms with Crippen LogP contribution in [-0.4, -0.2) is 33.8 Å². The van der Waals surface area contributed by atoms with Crippen LogP contribution in [0.1, 0.15) is 45.6 Å². The van der Waals surface area contributed by atoms with Gasteiger partial charge in [0.2, 0.25) is 0 Å². The highest BCUT2D eigenvalue weighted by molar-refractivity contribution is 7.99. The SMILES string of the molecule is CCC(C)c1ccc(Sc2ccn(C(=O)N(CC)CC)n2)cc1. The predicted molar refractivity (Wildman–Crippen MR) is 95.2 cm³/mol. The molecule has 0 spiro atoms. The summed E-state index contributed by atoms with van der Waals surface area (Å²) in [5.74, 6) is 0.583. The van der Waals surface area contributed by atoms with Crippen molar-refractivity contribution in [2.75, 3.05) is 13.1 Å². The molecule has 0 fully saturated rings. The topological polar surface area (TPSA) is 38.1 Å². The highest BCUT2D eigenvalue weighted by Crippen LogP contribution is 2.28. The Labute approximate surface area is 142 Å². The van der Waals surface area contributed by atoms with E-state index < -0.39 is 0 Å². The van der Waals surface area contributed by atoms with Crippen LogP contribution in [0.15, 0.2) is 46.5 Å². The molecule has 0 aliphatic carbocycles. The van der Waals surface area contributed by atoms with E-state index in [-0.39, 0.29) is 6.03 Å².